The fourth-order valence-electron chi connectivity index (χ4n) is 4.89. The van der Waals surface area contributed by atoms with Gasteiger partial charge in [0.05, 0.1) is 41.7 Å². The maximum atomic E-state index is 14.1. The Morgan fingerprint density at radius 1 is 0.911 bits per heavy atom. The number of esters is 2. The summed E-state index contributed by atoms with van der Waals surface area (Å²) < 4.78 is 23.8. The molecular weight excluding hydrogens is 616 g/mol. The lowest BCUT2D eigenvalue weighted by atomic mass is 9.93. The van der Waals surface area contributed by atoms with Crippen molar-refractivity contribution in [1.82, 2.24) is 4.57 Å². The SMILES string of the molecule is CCOC(=O)COc1ccc(/C=c2\sc3n(c2=O)[C@@H](c2ccc(Cl)cc2)C(C(=O)OCC)=C(c2ccccc2)N=3)cc1OCC. The Labute approximate surface area is 268 Å². The molecule has 0 radical (unpaired) electrons. The Morgan fingerprint density at radius 3 is 2.33 bits per heavy atom. The Balaban J connectivity index is 1.67. The Hall–Kier alpha value is -4.67. The third kappa shape index (κ3) is 7.02. The van der Waals surface area contributed by atoms with Gasteiger partial charge in [0, 0.05) is 10.6 Å². The summed E-state index contributed by atoms with van der Waals surface area (Å²) in [4.78, 5) is 44.8. The highest BCUT2D eigenvalue weighted by atomic mass is 35.5. The van der Waals surface area contributed by atoms with E-state index in [0.717, 1.165) is 5.56 Å². The van der Waals surface area contributed by atoms with E-state index in [9.17, 15) is 14.4 Å². The predicted octanol–water partition coefficient (Wildman–Crippen LogP) is 4.93. The van der Waals surface area contributed by atoms with Gasteiger partial charge in [-0.15, -0.1) is 0 Å². The van der Waals surface area contributed by atoms with Gasteiger partial charge in [0.1, 0.15) is 0 Å². The number of rotatable bonds is 11. The minimum Gasteiger partial charge on any atom is -0.490 e. The molecule has 3 aromatic carbocycles. The van der Waals surface area contributed by atoms with Crippen molar-refractivity contribution in [2.24, 2.45) is 4.99 Å². The summed E-state index contributed by atoms with van der Waals surface area (Å²) in [5, 5.41) is 0.524. The Kier molecular flexibility index (Phi) is 10.2. The fourth-order valence-corrected chi connectivity index (χ4v) is 6.02. The van der Waals surface area contributed by atoms with Gasteiger partial charge < -0.3 is 18.9 Å². The van der Waals surface area contributed by atoms with Crippen LogP contribution in [0.25, 0.3) is 11.8 Å². The van der Waals surface area contributed by atoms with Crippen LogP contribution < -0.4 is 24.4 Å². The average molecular weight is 647 g/mol. The molecule has 0 N–H and O–H groups in total. The van der Waals surface area contributed by atoms with Crippen LogP contribution in [0.5, 0.6) is 11.5 Å². The van der Waals surface area contributed by atoms with Crippen LogP contribution in [0.4, 0.5) is 0 Å². The van der Waals surface area contributed by atoms with E-state index in [1.807, 2.05) is 37.3 Å². The first kappa shape index (κ1) is 31.7. The van der Waals surface area contributed by atoms with Crippen molar-refractivity contribution >= 4 is 46.6 Å². The summed E-state index contributed by atoms with van der Waals surface area (Å²) in [5.41, 5.74) is 2.43. The summed E-state index contributed by atoms with van der Waals surface area (Å²) in [6, 6.07) is 20.7. The third-order valence-corrected chi connectivity index (χ3v) is 8.01. The van der Waals surface area contributed by atoms with Gasteiger partial charge in [-0.25, -0.2) is 14.6 Å². The molecule has 1 atom stereocenters. The van der Waals surface area contributed by atoms with Gasteiger partial charge in [-0.1, -0.05) is 71.5 Å². The van der Waals surface area contributed by atoms with E-state index < -0.39 is 18.0 Å². The average Bonchev–Trinajstić information content (AvgIpc) is 3.35. The molecule has 0 unspecified atom stereocenters. The van der Waals surface area contributed by atoms with Crippen molar-refractivity contribution in [3.63, 3.8) is 0 Å². The molecule has 5 rings (SSSR count). The van der Waals surface area contributed by atoms with Crippen LogP contribution in [0, 0.1) is 0 Å². The van der Waals surface area contributed by atoms with E-state index >= 15 is 0 Å². The van der Waals surface area contributed by atoms with Crippen LogP contribution in [-0.2, 0) is 19.1 Å². The van der Waals surface area contributed by atoms with Crippen molar-refractivity contribution in [3.8, 4) is 11.5 Å². The van der Waals surface area contributed by atoms with E-state index in [1.54, 1.807) is 62.4 Å². The predicted molar refractivity (Wildman–Crippen MR) is 172 cm³/mol. The largest absolute Gasteiger partial charge is 0.490 e. The zero-order valence-electron chi connectivity index (χ0n) is 24.9. The number of hydrogen-bond donors (Lipinski definition) is 0. The number of fused-ring (bicyclic) bond motifs is 1. The van der Waals surface area contributed by atoms with Gasteiger partial charge in [0.25, 0.3) is 5.56 Å². The number of carbonyl (C=O) groups excluding carboxylic acids is 2. The van der Waals surface area contributed by atoms with Crippen molar-refractivity contribution in [3.05, 3.63) is 120 Å². The van der Waals surface area contributed by atoms with Crippen molar-refractivity contribution < 1.29 is 28.5 Å². The third-order valence-electron chi connectivity index (χ3n) is 6.78. The fraction of sp³-hybridized carbons (Fsp3) is 0.235. The van der Waals surface area contributed by atoms with Crippen LogP contribution in [0.1, 0.15) is 43.5 Å². The second kappa shape index (κ2) is 14.4. The molecule has 0 saturated heterocycles. The number of benzene rings is 3. The van der Waals surface area contributed by atoms with Gasteiger partial charge in [-0.2, -0.15) is 0 Å². The minimum atomic E-state index is -0.812. The molecular formula is C34H31ClN2O7S. The van der Waals surface area contributed by atoms with E-state index in [0.29, 0.717) is 49.3 Å². The van der Waals surface area contributed by atoms with E-state index in [4.69, 9.17) is 35.5 Å². The molecule has 1 aliphatic rings. The van der Waals surface area contributed by atoms with E-state index in [-0.39, 0.29) is 31.0 Å². The Morgan fingerprint density at radius 2 is 1.64 bits per heavy atom. The number of hydrogen-bond acceptors (Lipinski definition) is 9. The molecule has 4 aromatic rings. The number of halogens is 1. The van der Waals surface area contributed by atoms with Crippen molar-refractivity contribution in [1.29, 1.82) is 0 Å². The molecule has 0 aliphatic carbocycles. The molecule has 0 spiro atoms. The molecule has 1 aliphatic heterocycles. The van der Waals surface area contributed by atoms with Gasteiger partial charge in [0.15, 0.2) is 22.9 Å². The first-order valence-electron chi connectivity index (χ1n) is 14.4. The monoisotopic (exact) mass is 646 g/mol. The van der Waals surface area contributed by atoms with E-state index in [1.165, 1.54) is 15.9 Å². The molecule has 9 nitrogen and oxygen atoms in total. The minimum absolute atomic E-state index is 0.157. The summed E-state index contributed by atoms with van der Waals surface area (Å²) >= 11 is 7.42. The summed E-state index contributed by atoms with van der Waals surface area (Å²) in [6.45, 7) is 5.80. The lowest BCUT2D eigenvalue weighted by Crippen LogP contribution is -2.40. The standard InChI is InChI=1S/C34H31ClN2O7S/c1-4-41-26-18-21(12-17-25(26)44-20-28(38)42-5-2)19-27-32(39)37-31(23-13-15-24(35)16-14-23)29(33(40)43-6-3)30(36-34(37)45-27)22-10-8-7-9-11-22/h7-19,31H,4-6,20H2,1-3H3/b27-19-/t31-/m0/s1. The number of aromatic nitrogens is 1. The topological polar surface area (TPSA) is 105 Å². The highest BCUT2D eigenvalue weighted by Gasteiger charge is 2.35. The number of ether oxygens (including phenoxy) is 4. The highest BCUT2D eigenvalue weighted by molar-refractivity contribution is 7.07. The molecule has 2 heterocycles. The molecule has 1 aromatic heterocycles. The van der Waals surface area contributed by atoms with Crippen molar-refractivity contribution in [2.75, 3.05) is 26.4 Å². The van der Waals surface area contributed by atoms with Gasteiger partial charge in [0.2, 0.25) is 0 Å². The maximum Gasteiger partial charge on any atom is 0.344 e. The Bertz CT molecular complexity index is 1910. The quantitative estimate of drug-likeness (QED) is 0.213. The second-order valence-corrected chi connectivity index (χ2v) is 11.2. The number of thiazole rings is 1. The van der Waals surface area contributed by atoms with Crippen LogP contribution in [0.2, 0.25) is 5.02 Å². The molecule has 0 saturated carbocycles. The van der Waals surface area contributed by atoms with Crippen LogP contribution >= 0.6 is 22.9 Å². The van der Waals surface area contributed by atoms with Crippen LogP contribution in [0.3, 0.4) is 0 Å². The molecule has 0 fully saturated rings. The summed E-state index contributed by atoms with van der Waals surface area (Å²) in [7, 11) is 0. The second-order valence-electron chi connectivity index (χ2n) is 9.72. The highest BCUT2D eigenvalue weighted by Crippen LogP contribution is 2.35. The normalized spacial score (nSPS) is 14.4. The first-order chi connectivity index (χ1) is 21.8. The molecule has 11 heteroatoms. The van der Waals surface area contributed by atoms with Gasteiger partial charge >= 0.3 is 11.9 Å². The van der Waals surface area contributed by atoms with Gasteiger partial charge in [-0.3, -0.25) is 9.36 Å². The molecule has 0 amide bonds. The molecule has 0 bridgehead atoms. The van der Waals surface area contributed by atoms with Crippen molar-refractivity contribution in [2.45, 2.75) is 26.8 Å². The van der Waals surface area contributed by atoms with Crippen LogP contribution in [-0.4, -0.2) is 42.9 Å². The number of carbonyl (C=O) groups is 2. The molecule has 45 heavy (non-hydrogen) atoms. The van der Waals surface area contributed by atoms with Crippen LogP contribution in [0.15, 0.2) is 88.2 Å². The zero-order chi connectivity index (χ0) is 31.9. The van der Waals surface area contributed by atoms with Gasteiger partial charge in [-0.05, 0) is 62.2 Å². The maximum absolute atomic E-state index is 14.1. The van der Waals surface area contributed by atoms with E-state index in [2.05, 4.69) is 0 Å². The lowest BCUT2D eigenvalue weighted by molar-refractivity contribution is -0.145. The first-order valence-corrected chi connectivity index (χ1v) is 15.6. The molecule has 232 valence electrons. The summed E-state index contributed by atoms with van der Waals surface area (Å²) in [6.07, 6.45) is 1.73. The smallest absolute Gasteiger partial charge is 0.344 e. The number of nitrogens with zero attached hydrogens (tertiary/aromatic N) is 2. The lowest BCUT2D eigenvalue weighted by Gasteiger charge is -2.25. The summed E-state index contributed by atoms with van der Waals surface area (Å²) in [5.74, 6) is -0.261. The zero-order valence-corrected chi connectivity index (χ0v) is 26.5.